The Morgan fingerprint density at radius 2 is 2.09 bits per heavy atom. The van der Waals surface area contributed by atoms with Crippen molar-refractivity contribution in [2.24, 2.45) is 0 Å². The first-order valence-corrected chi connectivity index (χ1v) is 8.66. The standard InChI is InChI=1S/C16H19N3O3S/c1-2-23-16(7-8-16)10-17-13(20)9-19-14(21)11-5-3-4-6-12(11)18-15(19)22/h3-6H,2,7-10H2,1H3,(H,17,20)(H,18,22). The molecule has 1 aliphatic rings. The minimum absolute atomic E-state index is 0.158. The summed E-state index contributed by atoms with van der Waals surface area (Å²) in [5.74, 6) is 0.704. The number of H-pyrrole nitrogens is 1. The number of aromatic amines is 1. The van der Waals surface area contributed by atoms with Gasteiger partial charge in [-0.05, 0) is 30.7 Å². The lowest BCUT2D eigenvalue weighted by molar-refractivity contribution is -0.121. The SMILES string of the molecule is CCSC1(CNC(=O)Cn2c(=O)[nH]c3ccccc3c2=O)CC1. The number of rotatable bonds is 6. The number of hydrogen-bond acceptors (Lipinski definition) is 4. The van der Waals surface area contributed by atoms with Crippen LogP contribution in [0.25, 0.3) is 10.9 Å². The molecule has 1 fully saturated rings. The molecule has 1 saturated carbocycles. The van der Waals surface area contributed by atoms with Gasteiger partial charge in [-0.25, -0.2) is 4.79 Å². The van der Waals surface area contributed by atoms with Gasteiger partial charge < -0.3 is 10.3 Å². The minimum atomic E-state index is -0.562. The summed E-state index contributed by atoms with van der Waals surface area (Å²) >= 11 is 1.85. The zero-order chi connectivity index (χ0) is 16.4. The third-order valence-electron chi connectivity index (χ3n) is 4.06. The van der Waals surface area contributed by atoms with Crippen molar-refractivity contribution in [1.82, 2.24) is 14.9 Å². The summed E-state index contributed by atoms with van der Waals surface area (Å²) in [5, 5.41) is 3.25. The van der Waals surface area contributed by atoms with Crippen molar-refractivity contribution in [2.75, 3.05) is 12.3 Å². The highest BCUT2D eigenvalue weighted by atomic mass is 32.2. The molecule has 1 aliphatic carbocycles. The number of aromatic nitrogens is 2. The molecule has 0 atom stereocenters. The number of carbonyl (C=O) groups is 1. The quantitative estimate of drug-likeness (QED) is 0.829. The van der Waals surface area contributed by atoms with Crippen LogP contribution >= 0.6 is 11.8 Å². The summed E-state index contributed by atoms with van der Waals surface area (Å²) in [5.41, 5.74) is -0.521. The molecular weight excluding hydrogens is 314 g/mol. The van der Waals surface area contributed by atoms with Crippen LogP contribution in [0, 0.1) is 0 Å². The fourth-order valence-corrected chi connectivity index (χ4v) is 3.80. The van der Waals surface area contributed by atoms with Crippen LogP contribution in [0.5, 0.6) is 0 Å². The number of nitrogens with one attached hydrogen (secondary N) is 2. The Balaban J connectivity index is 1.75. The number of amides is 1. The van der Waals surface area contributed by atoms with Crippen molar-refractivity contribution in [3.05, 3.63) is 45.1 Å². The van der Waals surface area contributed by atoms with Gasteiger partial charge in [-0.2, -0.15) is 11.8 Å². The Hall–Kier alpha value is -2.02. The van der Waals surface area contributed by atoms with Gasteiger partial charge in [-0.1, -0.05) is 19.1 Å². The van der Waals surface area contributed by atoms with Crippen molar-refractivity contribution in [3.63, 3.8) is 0 Å². The molecule has 1 amide bonds. The van der Waals surface area contributed by atoms with E-state index in [9.17, 15) is 14.4 Å². The van der Waals surface area contributed by atoms with E-state index >= 15 is 0 Å². The van der Waals surface area contributed by atoms with Crippen LogP contribution in [-0.2, 0) is 11.3 Å². The highest BCUT2D eigenvalue weighted by Gasteiger charge is 2.42. The van der Waals surface area contributed by atoms with Crippen LogP contribution in [0.1, 0.15) is 19.8 Å². The van der Waals surface area contributed by atoms with E-state index in [1.807, 2.05) is 11.8 Å². The summed E-state index contributed by atoms with van der Waals surface area (Å²) < 4.78 is 1.11. The summed E-state index contributed by atoms with van der Waals surface area (Å²) in [6.45, 7) is 2.43. The second-order valence-corrected chi connectivity index (χ2v) is 7.49. The number of nitrogens with zero attached hydrogens (tertiary/aromatic N) is 1. The third-order valence-corrected chi connectivity index (χ3v) is 5.51. The van der Waals surface area contributed by atoms with Crippen LogP contribution in [0.3, 0.4) is 0 Å². The Bertz CT molecular complexity index is 852. The molecule has 0 spiro atoms. The van der Waals surface area contributed by atoms with Crippen molar-refractivity contribution in [3.8, 4) is 0 Å². The zero-order valence-corrected chi connectivity index (χ0v) is 13.7. The topological polar surface area (TPSA) is 84.0 Å². The van der Waals surface area contributed by atoms with Gasteiger partial charge in [0.1, 0.15) is 6.54 Å². The lowest BCUT2D eigenvalue weighted by Gasteiger charge is -2.14. The monoisotopic (exact) mass is 333 g/mol. The molecule has 0 radical (unpaired) electrons. The molecule has 122 valence electrons. The number of hydrogen-bond donors (Lipinski definition) is 2. The summed E-state index contributed by atoms with van der Waals surface area (Å²) in [7, 11) is 0. The van der Waals surface area contributed by atoms with Crippen LogP contribution in [-0.4, -0.2) is 32.5 Å². The fraction of sp³-hybridized carbons (Fsp3) is 0.438. The van der Waals surface area contributed by atoms with Gasteiger partial charge in [-0.3, -0.25) is 14.2 Å². The molecule has 7 heteroatoms. The molecule has 0 aliphatic heterocycles. The maximum absolute atomic E-state index is 12.4. The number of para-hydroxylation sites is 1. The molecule has 2 aromatic rings. The first-order valence-electron chi connectivity index (χ1n) is 7.67. The van der Waals surface area contributed by atoms with E-state index in [0.717, 1.165) is 23.2 Å². The van der Waals surface area contributed by atoms with E-state index in [4.69, 9.17) is 0 Å². The lowest BCUT2D eigenvalue weighted by atomic mass is 10.2. The molecule has 0 saturated heterocycles. The molecule has 1 heterocycles. The number of benzene rings is 1. The first kappa shape index (κ1) is 15.9. The Kier molecular flexibility index (Phi) is 4.30. The average molecular weight is 333 g/mol. The van der Waals surface area contributed by atoms with Gasteiger partial charge in [0.2, 0.25) is 5.91 Å². The van der Waals surface area contributed by atoms with Crippen LogP contribution in [0.2, 0.25) is 0 Å². The number of carbonyl (C=O) groups excluding carboxylic acids is 1. The molecule has 6 nitrogen and oxygen atoms in total. The van der Waals surface area contributed by atoms with Crippen molar-refractivity contribution >= 4 is 28.6 Å². The smallest absolute Gasteiger partial charge is 0.329 e. The molecule has 3 rings (SSSR count). The largest absolute Gasteiger partial charge is 0.353 e. The average Bonchev–Trinajstić information content (AvgIpc) is 3.30. The summed E-state index contributed by atoms with van der Waals surface area (Å²) in [6, 6.07) is 6.78. The van der Waals surface area contributed by atoms with E-state index in [1.54, 1.807) is 24.3 Å². The van der Waals surface area contributed by atoms with Crippen molar-refractivity contribution in [1.29, 1.82) is 0 Å². The maximum Gasteiger partial charge on any atom is 0.329 e. The Labute approximate surface area is 137 Å². The van der Waals surface area contributed by atoms with E-state index in [2.05, 4.69) is 17.2 Å². The first-order chi connectivity index (χ1) is 11.0. The van der Waals surface area contributed by atoms with Gasteiger partial charge in [0.25, 0.3) is 5.56 Å². The molecule has 23 heavy (non-hydrogen) atoms. The minimum Gasteiger partial charge on any atom is -0.353 e. The summed E-state index contributed by atoms with van der Waals surface area (Å²) in [6.07, 6.45) is 2.20. The normalized spacial score (nSPS) is 15.5. The molecular formula is C16H19N3O3S. The molecule has 1 aromatic carbocycles. The number of fused-ring (bicyclic) bond motifs is 1. The number of thioether (sulfide) groups is 1. The molecule has 1 aromatic heterocycles. The molecule has 0 unspecified atom stereocenters. The van der Waals surface area contributed by atoms with E-state index in [0.29, 0.717) is 17.4 Å². The fourth-order valence-electron chi connectivity index (χ4n) is 2.62. The second kappa shape index (κ2) is 6.23. The maximum atomic E-state index is 12.4. The van der Waals surface area contributed by atoms with Crippen LogP contribution < -0.4 is 16.6 Å². The highest BCUT2D eigenvalue weighted by Crippen LogP contribution is 2.47. The van der Waals surface area contributed by atoms with E-state index in [-0.39, 0.29) is 17.2 Å². The molecule has 2 N–H and O–H groups in total. The summed E-state index contributed by atoms with van der Waals surface area (Å²) in [4.78, 5) is 39.1. The molecule has 0 bridgehead atoms. The van der Waals surface area contributed by atoms with Crippen LogP contribution in [0.15, 0.2) is 33.9 Å². The van der Waals surface area contributed by atoms with E-state index in [1.165, 1.54) is 0 Å². The zero-order valence-electron chi connectivity index (χ0n) is 12.9. The van der Waals surface area contributed by atoms with E-state index < -0.39 is 11.2 Å². The third kappa shape index (κ3) is 3.34. The predicted molar refractivity (Wildman–Crippen MR) is 91.9 cm³/mol. The van der Waals surface area contributed by atoms with Crippen molar-refractivity contribution in [2.45, 2.75) is 31.1 Å². The lowest BCUT2D eigenvalue weighted by Crippen LogP contribution is -2.42. The highest BCUT2D eigenvalue weighted by molar-refractivity contribution is 8.00. The van der Waals surface area contributed by atoms with Crippen molar-refractivity contribution < 1.29 is 4.79 Å². The van der Waals surface area contributed by atoms with Gasteiger partial charge in [0, 0.05) is 11.3 Å². The van der Waals surface area contributed by atoms with Gasteiger partial charge in [-0.15, -0.1) is 0 Å². The van der Waals surface area contributed by atoms with Gasteiger partial charge >= 0.3 is 5.69 Å². The Morgan fingerprint density at radius 1 is 1.35 bits per heavy atom. The second-order valence-electron chi connectivity index (χ2n) is 5.76. The van der Waals surface area contributed by atoms with Gasteiger partial charge in [0.15, 0.2) is 0 Å². The van der Waals surface area contributed by atoms with Crippen LogP contribution in [0.4, 0.5) is 0 Å². The predicted octanol–water partition coefficient (Wildman–Crippen LogP) is 1.09. The van der Waals surface area contributed by atoms with Gasteiger partial charge in [0.05, 0.1) is 10.9 Å². The Morgan fingerprint density at radius 3 is 2.78 bits per heavy atom.